The first kappa shape index (κ1) is 12.1. The second kappa shape index (κ2) is 4.96. The molecule has 2 aromatic carbocycles. The van der Waals surface area contributed by atoms with Crippen LogP contribution in [0.25, 0.3) is 0 Å². The molecular weight excluding hydrogens is 232 g/mol. The van der Waals surface area contributed by atoms with E-state index in [4.69, 9.17) is 5.73 Å². The zero-order chi connectivity index (χ0) is 13.2. The van der Waals surface area contributed by atoms with Crippen LogP contribution in [0, 0.1) is 6.92 Å². The van der Waals surface area contributed by atoms with Gasteiger partial charge in [0.1, 0.15) is 0 Å². The van der Waals surface area contributed by atoms with Gasteiger partial charge in [-0.25, -0.2) is 0 Å². The summed E-state index contributed by atoms with van der Waals surface area (Å²) in [6.07, 6.45) is 1.21. The monoisotopic (exact) mass is 252 g/mol. The van der Waals surface area contributed by atoms with E-state index >= 15 is 0 Å². The molecular formula is C17H20N2. The summed E-state index contributed by atoms with van der Waals surface area (Å²) < 4.78 is 0. The Kier molecular flexibility index (Phi) is 3.16. The zero-order valence-electron chi connectivity index (χ0n) is 11.3. The molecule has 0 radical (unpaired) electrons. The molecule has 2 heteroatoms. The summed E-state index contributed by atoms with van der Waals surface area (Å²) in [5.74, 6) is 0.601. The van der Waals surface area contributed by atoms with Crippen LogP contribution in [0.1, 0.15) is 23.5 Å². The first-order valence-corrected chi connectivity index (χ1v) is 6.89. The minimum atomic E-state index is 0.601. The smallest absolute Gasteiger partial charge is 0.0369 e. The van der Waals surface area contributed by atoms with Crippen molar-refractivity contribution in [3.05, 3.63) is 59.7 Å². The van der Waals surface area contributed by atoms with E-state index in [2.05, 4.69) is 54.3 Å². The van der Waals surface area contributed by atoms with Gasteiger partial charge in [-0.15, -0.1) is 0 Å². The van der Waals surface area contributed by atoms with Crippen LogP contribution in [0.3, 0.4) is 0 Å². The van der Waals surface area contributed by atoms with Crippen molar-refractivity contribution in [3.8, 4) is 0 Å². The van der Waals surface area contributed by atoms with Crippen molar-refractivity contribution in [2.45, 2.75) is 19.3 Å². The highest BCUT2D eigenvalue weighted by Crippen LogP contribution is 2.31. The van der Waals surface area contributed by atoms with Crippen molar-refractivity contribution < 1.29 is 0 Å². The lowest BCUT2D eigenvalue weighted by molar-refractivity contribution is 0.775. The third-order valence-electron chi connectivity index (χ3n) is 3.94. The quantitative estimate of drug-likeness (QED) is 0.828. The summed E-state index contributed by atoms with van der Waals surface area (Å²) in [4.78, 5) is 2.47. The van der Waals surface area contributed by atoms with Gasteiger partial charge >= 0.3 is 0 Å². The van der Waals surface area contributed by atoms with Crippen LogP contribution < -0.4 is 10.6 Å². The molecule has 1 fully saturated rings. The van der Waals surface area contributed by atoms with Crippen LogP contribution >= 0.6 is 0 Å². The second-order valence-electron chi connectivity index (χ2n) is 5.44. The standard InChI is InChI=1S/C17H20N2/c1-13-4-2-7-17(10-13)19-9-8-15(12-19)14-5-3-6-16(18)11-14/h2-7,10-11,15H,8-9,12,18H2,1H3. The number of hydrogen-bond acceptors (Lipinski definition) is 2. The summed E-state index contributed by atoms with van der Waals surface area (Å²) in [5, 5.41) is 0. The maximum absolute atomic E-state index is 5.88. The molecule has 1 atom stereocenters. The Hall–Kier alpha value is -1.96. The average molecular weight is 252 g/mol. The van der Waals surface area contributed by atoms with Gasteiger partial charge in [-0.1, -0.05) is 24.3 Å². The zero-order valence-corrected chi connectivity index (χ0v) is 11.3. The van der Waals surface area contributed by atoms with E-state index in [0.717, 1.165) is 18.8 Å². The summed E-state index contributed by atoms with van der Waals surface area (Å²) in [6, 6.07) is 17.1. The third kappa shape index (κ3) is 2.58. The SMILES string of the molecule is Cc1cccc(N2CCC(c3cccc(N)c3)C2)c1. The number of anilines is 2. The van der Waals surface area contributed by atoms with Gasteiger partial charge in [0, 0.05) is 30.4 Å². The fourth-order valence-electron chi connectivity index (χ4n) is 2.90. The maximum Gasteiger partial charge on any atom is 0.0369 e. The van der Waals surface area contributed by atoms with Crippen LogP contribution in [-0.2, 0) is 0 Å². The highest BCUT2D eigenvalue weighted by molar-refractivity contribution is 5.51. The van der Waals surface area contributed by atoms with Crippen molar-refractivity contribution in [1.82, 2.24) is 0 Å². The van der Waals surface area contributed by atoms with Gasteiger partial charge in [0.2, 0.25) is 0 Å². The van der Waals surface area contributed by atoms with Crippen LogP contribution in [0.15, 0.2) is 48.5 Å². The summed E-state index contributed by atoms with van der Waals surface area (Å²) in [6.45, 7) is 4.37. The molecule has 1 heterocycles. The van der Waals surface area contributed by atoms with Crippen molar-refractivity contribution in [1.29, 1.82) is 0 Å². The van der Waals surface area contributed by atoms with Gasteiger partial charge in [-0.2, -0.15) is 0 Å². The van der Waals surface area contributed by atoms with E-state index in [-0.39, 0.29) is 0 Å². The lowest BCUT2D eigenvalue weighted by Crippen LogP contribution is -2.19. The summed E-state index contributed by atoms with van der Waals surface area (Å²) in [7, 11) is 0. The Labute approximate surface area is 114 Å². The van der Waals surface area contributed by atoms with Crippen molar-refractivity contribution in [2.24, 2.45) is 0 Å². The molecule has 3 rings (SSSR count). The van der Waals surface area contributed by atoms with Gasteiger partial charge in [-0.3, -0.25) is 0 Å². The van der Waals surface area contributed by atoms with Crippen LogP contribution in [-0.4, -0.2) is 13.1 Å². The molecule has 19 heavy (non-hydrogen) atoms. The molecule has 1 aliphatic rings. The fourth-order valence-corrected chi connectivity index (χ4v) is 2.90. The van der Waals surface area contributed by atoms with E-state index in [1.54, 1.807) is 0 Å². The van der Waals surface area contributed by atoms with Crippen LogP contribution in [0.5, 0.6) is 0 Å². The lowest BCUT2D eigenvalue weighted by atomic mass is 9.98. The normalized spacial score (nSPS) is 18.8. The molecule has 98 valence electrons. The number of aryl methyl sites for hydroxylation is 1. The molecule has 1 saturated heterocycles. The molecule has 2 nitrogen and oxygen atoms in total. The molecule has 2 N–H and O–H groups in total. The molecule has 0 spiro atoms. The van der Waals surface area contributed by atoms with Gasteiger partial charge in [0.25, 0.3) is 0 Å². The Balaban J connectivity index is 1.77. The highest BCUT2D eigenvalue weighted by atomic mass is 15.1. The maximum atomic E-state index is 5.88. The average Bonchev–Trinajstić information content (AvgIpc) is 2.88. The van der Waals surface area contributed by atoms with E-state index in [9.17, 15) is 0 Å². The Bertz CT molecular complexity index is 525. The second-order valence-corrected chi connectivity index (χ2v) is 5.44. The van der Waals surface area contributed by atoms with E-state index in [1.165, 1.54) is 23.2 Å². The molecule has 1 aliphatic heterocycles. The molecule has 0 saturated carbocycles. The van der Waals surface area contributed by atoms with Crippen LogP contribution in [0.2, 0.25) is 0 Å². The van der Waals surface area contributed by atoms with Gasteiger partial charge in [-0.05, 0) is 48.7 Å². The Morgan fingerprint density at radius 2 is 1.95 bits per heavy atom. The summed E-state index contributed by atoms with van der Waals surface area (Å²) in [5.41, 5.74) is 10.8. The molecule has 0 amide bonds. The number of rotatable bonds is 2. The van der Waals surface area contributed by atoms with Crippen molar-refractivity contribution in [3.63, 3.8) is 0 Å². The van der Waals surface area contributed by atoms with E-state index < -0.39 is 0 Å². The Morgan fingerprint density at radius 3 is 2.74 bits per heavy atom. The molecule has 1 unspecified atom stereocenters. The van der Waals surface area contributed by atoms with Crippen molar-refractivity contribution >= 4 is 11.4 Å². The van der Waals surface area contributed by atoms with Gasteiger partial charge in [0.05, 0.1) is 0 Å². The van der Waals surface area contributed by atoms with Crippen molar-refractivity contribution in [2.75, 3.05) is 23.7 Å². The number of nitrogens with two attached hydrogens (primary N) is 1. The predicted octanol–water partition coefficient (Wildman–Crippen LogP) is 3.57. The third-order valence-corrected chi connectivity index (χ3v) is 3.94. The first-order valence-electron chi connectivity index (χ1n) is 6.89. The molecule has 0 aromatic heterocycles. The predicted molar refractivity (Wildman–Crippen MR) is 81.6 cm³/mol. The van der Waals surface area contributed by atoms with Crippen LogP contribution in [0.4, 0.5) is 11.4 Å². The largest absolute Gasteiger partial charge is 0.399 e. The first-order chi connectivity index (χ1) is 9.22. The molecule has 0 bridgehead atoms. The number of nitrogen functional groups attached to an aromatic ring is 1. The van der Waals surface area contributed by atoms with E-state index in [0.29, 0.717) is 5.92 Å². The minimum Gasteiger partial charge on any atom is -0.399 e. The highest BCUT2D eigenvalue weighted by Gasteiger charge is 2.24. The van der Waals surface area contributed by atoms with E-state index in [1.807, 2.05) is 6.07 Å². The fraction of sp³-hybridized carbons (Fsp3) is 0.294. The number of nitrogens with zero attached hydrogens (tertiary/aromatic N) is 1. The van der Waals surface area contributed by atoms with Gasteiger partial charge < -0.3 is 10.6 Å². The minimum absolute atomic E-state index is 0.601. The topological polar surface area (TPSA) is 29.3 Å². The number of benzene rings is 2. The van der Waals surface area contributed by atoms with Gasteiger partial charge in [0.15, 0.2) is 0 Å². The number of hydrogen-bond donors (Lipinski definition) is 1. The Morgan fingerprint density at radius 1 is 1.11 bits per heavy atom. The molecule has 0 aliphatic carbocycles. The molecule has 2 aromatic rings. The summed E-state index contributed by atoms with van der Waals surface area (Å²) >= 11 is 0. The lowest BCUT2D eigenvalue weighted by Gasteiger charge is -2.19.